The minimum absolute atomic E-state index is 0.00505. The van der Waals surface area contributed by atoms with Gasteiger partial charge in [-0.05, 0) is 36.8 Å². The third-order valence-electron chi connectivity index (χ3n) is 2.94. The molecule has 1 amide bonds. The summed E-state index contributed by atoms with van der Waals surface area (Å²) in [7, 11) is 0. The molecule has 110 valence electrons. The Bertz CT molecular complexity index is 592. The molecule has 0 aliphatic carbocycles. The van der Waals surface area contributed by atoms with E-state index in [4.69, 9.17) is 0 Å². The number of benzene rings is 1. The summed E-state index contributed by atoms with van der Waals surface area (Å²) in [5.74, 6) is 1.23. The fourth-order valence-corrected chi connectivity index (χ4v) is 3.04. The van der Waals surface area contributed by atoms with Gasteiger partial charge >= 0.3 is 0 Å². The number of hydrogen-bond acceptors (Lipinski definition) is 3. The third-order valence-corrected chi connectivity index (χ3v) is 4.39. The number of nitrogens with zero attached hydrogens (tertiary/aromatic N) is 1. The van der Waals surface area contributed by atoms with Crippen LogP contribution in [-0.4, -0.2) is 16.6 Å². The van der Waals surface area contributed by atoms with E-state index in [-0.39, 0.29) is 11.9 Å². The van der Waals surface area contributed by atoms with Gasteiger partial charge in [0, 0.05) is 16.4 Å². The second kappa shape index (κ2) is 8.20. The summed E-state index contributed by atoms with van der Waals surface area (Å²) in [5.41, 5.74) is 2.09. The van der Waals surface area contributed by atoms with Crippen molar-refractivity contribution in [3.05, 3.63) is 64.4 Å². The van der Waals surface area contributed by atoms with Gasteiger partial charge < -0.3 is 5.32 Å². The van der Waals surface area contributed by atoms with Gasteiger partial charge in [-0.25, -0.2) is 0 Å². The van der Waals surface area contributed by atoms with Gasteiger partial charge in [-0.2, -0.15) is 0 Å². The number of hydrogen-bond donors (Lipinski definition) is 1. The van der Waals surface area contributed by atoms with Crippen molar-refractivity contribution in [3.8, 4) is 0 Å². The van der Waals surface area contributed by atoms with Crippen LogP contribution in [0.15, 0.2) is 53.1 Å². The molecule has 5 heteroatoms. The second-order valence-electron chi connectivity index (χ2n) is 4.66. The summed E-state index contributed by atoms with van der Waals surface area (Å²) in [6.07, 6.45) is 1.77. The van der Waals surface area contributed by atoms with Crippen molar-refractivity contribution >= 4 is 33.6 Å². The van der Waals surface area contributed by atoms with Crippen LogP contribution in [0.3, 0.4) is 0 Å². The van der Waals surface area contributed by atoms with Gasteiger partial charge in [0.1, 0.15) is 0 Å². The summed E-state index contributed by atoms with van der Waals surface area (Å²) < 4.78 is 1.02. The maximum atomic E-state index is 11.9. The molecule has 2 rings (SSSR count). The van der Waals surface area contributed by atoms with Crippen LogP contribution in [0.25, 0.3) is 0 Å². The standard InChI is InChI=1S/C16H17BrN2OS/c1-12(13-5-4-6-14(17)9-13)19-16(20)11-21-10-15-7-2-3-8-18-15/h2-9,12H,10-11H2,1H3,(H,19,20). The number of nitrogens with one attached hydrogen (secondary N) is 1. The second-order valence-corrected chi connectivity index (χ2v) is 6.56. The molecule has 1 heterocycles. The Kier molecular flexibility index (Phi) is 6.26. The molecule has 0 fully saturated rings. The molecule has 0 spiro atoms. The Hall–Kier alpha value is -1.33. The molecule has 0 aliphatic heterocycles. The number of halogens is 1. The first kappa shape index (κ1) is 16.0. The first-order valence-electron chi connectivity index (χ1n) is 6.67. The van der Waals surface area contributed by atoms with Crippen LogP contribution in [-0.2, 0) is 10.5 Å². The van der Waals surface area contributed by atoms with E-state index >= 15 is 0 Å². The van der Waals surface area contributed by atoms with Gasteiger partial charge in [0.25, 0.3) is 0 Å². The molecule has 1 N–H and O–H groups in total. The first-order chi connectivity index (χ1) is 10.1. The molecule has 0 saturated heterocycles. The van der Waals surface area contributed by atoms with Crippen LogP contribution < -0.4 is 5.32 Å². The van der Waals surface area contributed by atoms with Gasteiger partial charge in [0.2, 0.25) is 5.91 Å². The number of pyridine rings is 1. The van der Waals surface area contributed by atoms with Crippen LogP contribution in [0, 0.1) is 0 Å². The molecule has 2 aromatic rings. The molecule has 3 nitrogen and oxygen atoms in total. The fourth-order valence-electron chi connectivity index (χ4n) is 1.87. The van der Waals surface area contributed by atoms with E-state index in [1.807, 2.05) is 49.4 Å². The summed E-state index contributed by atoms with van der Waals surface area (Å²) in [6.45, 7) is 1.99. The molecule has 1 aromatic carbocycles. The van der Waals surface area contributed by atoms with E-state index in [0.29, 0.717) is 5.75 Å². The Labute approximate surface area is 137 Å². The van der Waals surface area contributed by atoms with Crippen molar-refractivity contribution < 1.29 is 4.79 Å². The van der Waals surface area contributed by atoms with Crippen molar-refractivity contribution in [1.29, 1.82) is 0 Å². The number of thioether (sulfide) groups is 1. The van der Waals surface area contributed by atoms with Gasteiger partial charge in [-0.1, -0.05) is 34.1 Å². The van der Waals surface area contributed by atoms with E-state index in [1.165, 1.54) is 0 Å². The molecule has 1 aromatic heterocycles. The molecular formula is C16H17BrN2OS. The van der Waals surface area contributed by atoms with E-state index in [0.717, 1.165) is 21.5 Å². The van der Waals surface area contributed by atoms with E-state index in [9.17, 15) is 4.79 Å². The Balaban J connectivity index is 1.76. The lowest BCUT2D eigenvalue weighted by Crippen LogP contribution is -2.28. The van der Waals surface area contributed by atoms with Crippen LogP contribution in [0.2, 0.25) is 0 Å². The highest BCUT2D eigenvalue weighted by Gasteiger charge is 2.09. The first-order valence-corrected chi connectivity index (χ1v) is 8.62. The lowest BCUT2D eigenvalue weighted by molar-refractivity contribution is -0.119. The third kappa shape index (κ3) is 5.52. The Morgan fingerprint density at radius 3 is 2.90 bits per heavy atom. The number of carbonyl (C=O) groups excluding carboxylic acids is 1. The monoisotopic (exact) mass is 364 g/mol. The molecule has 1 unspecified atom stereocenters. The predicted octanol–water partition coefficient (Wildman–Crippen LogP) is 3.95. The minimum Gasteiger partial charge on any atom is -0.349 e. The topological polar surface area (TPSA) is 42.0 Å². The van der Waals surface area contributed by atoms with Crippen molar-refractivity contribution in [2.45, 2.75) is 18.7 Å². The number of aromatic nitrogens is 1. The average molecular weight is 365 g/mol. The molecule has 0 aliphatic rings. The molecular weight excluding hydrogens is 348 g/mol. The molecule has 0 saturated carbocycles. The van der Waals surface area contributed by atoms with Gasteiger partial charge in [0.15, 0.2) is 0 Å². The maximum absolute atomic E-state index is 11.9. The molecule has 1 atom stereocenters. The number of carbonyl (C=O) groups is 1. The summed E-state index contributed by atoms with van der Waals surface area (Å²) in [6, 6.07) is 13.8. The fraction of sp³-hybridized carbons (Fsp3) is 0.250. The molecule has 21 heavy (non-hydrogen) atoms. The molecule has 0 bridgehead atoms. The lowest BCUT2D eigenvalue weighted by Gasteiger charge is -2.14. The normalized spacial score (nSPS) is 11.9. The zero-order valence-corrected chi connectivity index (χ0v) is 14.2. The zero-order valence-electron chi connectivity index (χ0n) is 11.8. The summed E-state index contributed by atoms with van der Waals surface area (Å²) in [5, 5.41) is 3.01. The predicted molar refractivity (Wildman–Crippen MR) is 91.1 cm³/mol. The Morgan fingerprint density at radius 2 is 2.19 bits per heavy atom. The van der Waals surface area contributed by atoms with Gasteiger partial charge in [-0.3, -0.25) is 9.78 Å². The highest BCUT2D eigenvalue weighted by molar-refractivity contribution is 9.10. The van der Waals surface area contributed by atoms with E-state index < -0.39 is 0 Å². The molecule has 0 radical (unpaired) electrons. The van der Waals surface area contributed by atoms with Crippen LogP contribution in [0.1, 0.15) is 24.2 Å². The van der Waals surface area contributed by atoms with Crippen LogP contribution >= 0.6 is 27.7 Å². The Morgan fingerprint density at radius 1 is 1.33 bits per heavy atom. The number of amides is 1. The van der Waals surface area contributed by atoms with E-state index in [1.54, 1.807) is 18.0 Å². The minimum atomic E-state index is 0.00505. The van der Waals surface area contributed by atoms with Crippen molar-refractivity contribution in [2.24, 2.45) is 0 Å². The average Bonchev–Trinajstić information content (AvgIpc) is 2.48. The summed E-state index contributed by atoms with van der Waals surface area (Å²) >= 11 is 5.01. The van der Waals surface area contributed by atoms with Crippen molar-refractivity contribution in [3.63, 3.8) is 0 Å². The highest BCUT2D eigenvalue weighted by atomic mass is 79.9. The van der Waals surface area contributed by atoms with Crippen LogP contribution in [0.5, 0.6) is 0 Å². The quantitative estimate of drug-likeness (QED) is 0.843. The van der Waals surface area contributed by atoms with E-state index in [2.05, 4.69) is 26.2 Å². The van der Waals surface area contributed by atoms with Crippen molar-refractivity contribution in [2.75, 3.05) is 5.75 Å². The summed E-state index contributed by atoms with van der Waals surface area (Å²) in [4.78, 5) is 16.2. The van der Waals surface area contributed by atoms with Crippen LogP contribution in [0.4, 0.5) is 0 Å². The lowest BCUT2D eigenvalue weighted by atomic mass is 10.1. The zero-order chi connectivity index (χ0) is 15.1. The number of rotatable bonds is 6. The largest absolute Gasteiger partial charge is 0.349 e. The smallest absolute Gasteiger partial charge is 0.230 e. The maximum Gasteiger partial charge on any atom is 0.230 e. The van der Waals surface area contributed by atoms with Crippen molar-refractivity contribution in [1.82, 2.24) is 10.3 Å². The SMILES string of the molecule is CC(NC(=O)CSCc1ccccn1)c1cccc(Br)c1. The van der Waals surface area contributed by atoms with Gasteiger partial charge in [0.05, 0.1) is 17.5 Å². The highest BCUT2D eigenvalue weighted by Crippen LogP contribution is 2.18. The van der Waals surface area contributed by atoms with Gasteiger partial charge in [-0.15, -0.1) is 11.8 Å².